The molecule has 3 N–H and O–H groups in total. The molecule has 0 aromatic heterocycles. The van der Waals surface area contributed by atoms with Gasteiger partial charge in [-0.2, -0.15) is 0 Å². The first-order chi connectivity index (χ1) is 10.5. The van der Waals surface area contributed by atoms with Crippen LogP contribution in [-0.2, 0) is 0 Å². The molecule has 0 saturated carbocycles. The smallest absolute Gasteiger partial charge is 0.215 e. The van der Waals surface area contributed by atoms with Gasteiger partial charge in [-0.05, 0) is 24.6 Å². The van der Waals surface area contributed by atoms with Crippen LogP contribution in [0, 0.1) is 12.3 Å². The van der Waals surface area contributed by atoms with Gasteiger partial charge in [0.25, 0.3) is 0 Å². The average Bonchev–Trinajstić information content (AvgIpc) is 2.55. The van der Waals surface area contributed by atoms with Crippen LogP contribution in [0.2, 0.25) is 5.02 Å². The SMILES string of the molecule is C/N=C(N)\N=C/C(=N)N1CCN(c2ccc(C)c(Cl)c2)CC1. The average molecular weight is 321 g/mol. The highest BCUT2D eigenvalue weighted by molar-refractivity contribution is 6.31. The summed E-state index contributed by atoms with van der Waals surface area (Å²) in [5, 5.41) is 8.80. The molecule has 1 aliphatic rings. The predicted octanol–water partition coefficient (Wildman–Crippen LogP) is 1.76. The molecule has 1 aromatic rings. The van der Waals surface area contributed by atoms with Crippen LogP contribution in [-0.4, -0.2) is 56.1 Å². The molecule has 1 fully saturated rings. The number of benzene rings is 1. The molecule has 0 bridgehead atoms. The Morgan fingerprint density at radius 2 is 2.00 bits per heavy atom. The second-order valence-electron chi connectivity index (χ2n) is 5.13. The van der Waals surface area contributed by atoms with Gasteiger partial charge in [0.05, 0.1) is 6.21 Å². The third-order valence-electron chi connectivity index (χ3n) is 3.69. The Kier molecular flexibility index (Phi) is 5.38. The second kappa shape index (κ2) is 7.26. The number of rotatable bonds is 2. The first-order valence-electron chi connectivity index (χ1n) is 7.12. The van der Waals surface area contributed by atoms with Gasteiger partial charge in [-0.3, -0.25) is 10.4 Å². The van der Waals surface area contributed by atoms with E-state index in [0.29, 0.717) is 5.84 Å². The molecule has 2 rings (SSSR count). The summed E-state index contributed by atoms with van der Waals surface area (Å²) in [6.45, 7) is 5.20. The van der Waals surface area contributed by atoms with Crippen molar-refractivity contribution in [3.63, 3.8) is 0 Å². The van der Waals surface area contributed by atoms with Crippen molar-refractivity contribution in [1.29, 1.82) is 5.41 Å². The van der Waals surface area contributed by atoms with Gasteiger partial charge in [0.15, 0.2) is 0 Å². The van der Waals surface area contributed by atoms with Crippen LogP contribution in [0.3, 0.4) is 0 Å². The number of nitrogens with one attached hydrogen (secondary N) is 1. The van der Waals surface area contributed by atoms with Crippen LogP contribution in [0.25, 0.3) is 0 Å². The fraction of sp³-hybridized carbons (Fsp3) is 0.400. The minimum Gasteiger partial charge on any atom is -0.368 e. The van der Waals surface area contributed by atoms with Crippen molar-refractivity contribution in [1.82, 2.24) is 4.90 Å². The third-order valence-corrected chi connectivity index (χ3v) is 4.10. The van der Waals surface area contributed by atoms with Crippen LogP contribution < -0.4 is 10.6 Å². The minimum absolute atomic E-state index is 0.178. The lowest BCUT2D eigenvalue weighted by atomic mass is 10.2. The van der Waals surface area contributed by atoms with Crippen LogP contribution in [0.15, 0.2) is 28.2 Å². The number of aliphatic imine (C=N–C) groups is 2. The summed E-state index contributed by atoms with van der Waals surface area (Å²) in [4.78, 5) is 11.9. The van der Waals surface area contributed by atoms with E-state index in [1.165, 1.54) is 6.21 Å². The highest BCUT2D eigenvalue weighted by atomic mass is 35.5. The monoisotopic (exact) mass is 320 g/mol. The van der Waals surface area contributed by atoms with Gasteiger partial charge in [0.1, 0.15) is 5.84 Å². The standard InChI is InChI=1S/C15H21ClN6/c1-11-3-4-12(9-13(11)16)21-5-7-22(8-6-21)14(17)10-20-15(18)19-2/h3-4,9-10,17H,5-8H2,1-2H3,(H2,18,19)/b17-14?,20-10-. The lowest BCUT2D eigenvalue weighted by Gasteiger charge is -2.36. The van der Waals surface area contributed by atoms with Gasteiger partial charge in [-0.25, -0.2) is 4.99 Å². The molecule has 7 heteroatoms. The fourth-order valence-corrected chi connectivity index (χ4v) is 2.43. The first kappa shape index (κ1) is 16.3. The molecule has 0 aliphatic carbocycles. The van der Waals surface area contributed by atoms with Crippen molar-refractivity contribution in [2.24, 2.45) is 15.7 Å². The molecular weight excluding hydrogens is 300 g/mol. The van der Waals surface area contributed by atoms with Gasteiger partial charge in [0.2, 0.25) is 5.96 Å². The van der Waals surface area contributed by atoms with E-state index in [-0.39, 0.29) is 5.96 Å². The molecule has 0 atom stereocenters. The van der Waals surface area contributed by atoms with Gasteiger partial charge in [-0.15, -0.1) is 0 Å². The predicted molar refractivity (Wildman–Crippen MR) is 93.7 cm³/mol. The number of halogens is 1. The number of aryl methyl sites for hydroxylation is 1. The molecular formula is C15H21ClN6. The van der Waals surface area contributed by atoms with Crippen molar-refractivity contribution in [2.45, 2.75) is 6.92 Å². The summed E-state index contributed by atoms with van der Waals surface area (Å²) in [6, 6.07) is 6.12. The Balaban J connectivity index is 1.94. The Bertz CT molecular complexity index is 602. The Hall–Kier alpha value is -2.08. The molecule has 118 valence electrons. The zero-order valence-corrected chi connectivity index (χ0v) is 13.6. The van der Waals surface area contributed by atoms with E-state index in [1.54, 1.807) is 7.05 Å². The van der Waals surface area contributed by atoms with Crippen LogP contribution >= 0.6 is 11.6 Å². The largest absolute Gasteiger partial charge is 0.368 e. The Morgan fingerprint density at radius 3 is 2.59 bits per heavy atom. The van der Waals surface area contributed by atoms with Crippen LogP contribution in [0.5, 0.6) is 0 Å². The molecule has 0 radical (unpaired) electrons. The summed E-state index contributed by atoms with van der Waals surface area (Å²) >= 11 is 6.19. The fourth-order valence-electron chi connectivity index (χ4n) is 2.25. The number of nitrogens with zero attached hydrogens (tertiary/aromatic N) is 4. The zero-order chi connectivity index (χ0) is 16.1. The van der Waals surface area contributed by atoms with E-state index in [4.69, 9.17) is 22.7 Å². The molecule has 6 nitrogen and oxygen atoms in total. The zero-order valence-electron chi connectivity index (χ0n) is 12.9. The van der Waals surface area contributed by atoms with Gasteiger partial charge >= 0.3 is 0 Å². The number of anilines is 1. The van der Waals surface area contributed by atoms with Gasteiger partial charge in [0, 0.05) is 43.9 Å². The lowest BCUT2D eigenvalue weighted by molar-refractivity contribution is 0.388. The van der Waals surface area contributed by atoms with Crippen molar-refractivity contribution in [2.75, 3.05) is 38.1 Å². The number of hydrogen-bond donors (Lipinski definition) is 2. The minimum atomic E-state index is 0.178. The van der Waals surface area contributed by atoms with Crippen molar-refractivity contribution < 1.29 is 0 Å². The molecule has 1 saturated heterocycles. The maximum absolute atomic E-state index is 8.01. The van der Waals surface area contributed by atoms with E-state index in [9.17, 15) is 0 Å². The van der Waals surface area contributed by atoms with Crippen molar-refractivity contribution in [3.8, 4) is 0 Å². The topological polar surface area (TPSA) is 81.1 Å². The molecule has 1 aliphatic heterocycles. The molecule has 22 heavy (non-hydrogen) atoms. The van der Waals surface area contributed by atoms with E-state index in [0.717, 1.165) is 42.5 Å². The highest BCUT2D eigenvalue weighted by Gasteiger charge is 2.18. The maximum atomic E-state index is 8.01. The number of guanidine groups is 1. The third kappa shape index (κ3) is 3.98. The van der Waals surface area contributed by atoms with Gasteiger partial charge in [-0.1, -0.05) is 17.7 Å². The highest BCUT2D eigenvalue weighted by Crippen LogP contribution is 2.24. The van der Waals surface area contributed by atoms with E-state index in [2.05, 4.69) is 21.0 Å². The van der Waals surface area contributed by atoms with Crippen molar-refractivity contribution in [3.05, 3.63) is 28.8 Å². The number of amidine groups is 1. The van der Waals surface area contributed by atoms with Gasteiger partial charge < -0.3 is 15.5 Å². The summed E-state index contributed by atoms with van der Waals surface area (Å²) in [5.41, 5.74) is 7.70. The second-order valence-corrected chi connectivity index (χ2v) is 5.54. The van der Waals surface area contributed by atoms with Crippen LogP contribution in [0.1, 0.15) is 5.56 Å². The summed E-state index contributed by atoms with van der Waals surface area (Å²) in [5.74, 6) is 0.533. The first-order valence-corrected chi connectivity index (χ1v) is 7.50. The molecule has 1 heterocycles. The normalized spacial score (nSPS) is 16.4. The van der Waals surface area contributed by atoms with Crippen molar-refractivity contribution >= 4 is 35.3 Å². The summed E-state index contributed by atoms with van der Waals surface area (Å²) in [7, 11) is 1.57. The number of piperazine rings is 1. The Labute approximate surface area is 135 Å². The summed E-state index contributed by atoms with van der Waals surface area (Å²) in [6.07, 6.45) is 1.45. The maximum Gasteiger partial charge on any atom is 0.215 e. The number of hydrogen-bond acceptors (Lipinski definition) is 3. The lowest BCUT2D eigenvalue weighted by Crippen LogP contribution is -2.49. The van der Waals surface area contributed by atoms with E-state index in [1.807, 2.05) is 24.0 Å². The molecule has 0 amide bonds. The molecule has 0 spiro atoms. The molecule has 0 unspecified atom stereocenters. The quantitative estimate of drug-likeness (QED) is 0.643. The van der Waals surface area contributed by atoms with E-state index < -0.39 is 0 Å². The molecule has 1 aromatic carbocycles. The Morgan fingerprint density at radius 1 is 1.32 bits per heavy atom. The van der Waals surface area contributed by atoms with E-state index >= 15 is 0 Å². The van der Waals surface area contributed by atoms with Crippen LogP contribution in [0.4, 0.5) is 5.69 Å². The summed E-state index contributed by atoms with van der Waals surface area (Å²) < 4.78 is 0. The number of nitrogens with two attached hydrogens (primary N) is 1.